The van der Waals surface area contributed by atoms with E-state index in [1.54, 1.807) is 0 Å². The highest BCUT2D eigenvalue weighted by atomic mass is 16.5. The van der Waals surface area contributed by atoms with Crippen LogP contribution in [0.4, 0.5) is 0 Å². The van der Waals surface area contributed by atoms with E-state index in [-0.39, 0.29) is 12.0 Å². The largest absolute Gasteiger partial charge is 0.493 e. The van der Waals surface area contributed by atoms with E-state index in [9.17, 15) is 4.79 Å². The van der Waals surface area contributed by atoms with Crippen LogP contribution in [0.1, 0.15) is 60.7 Å². The third-order valence-corrected chi connectivity index (χ3v) is 7.64. The molecule has 0 saturated heterocycles. The van der Waals surface area contributed by atoms with Crippen molar-refractivity contribution >= 4 is 27.6 Å². The van der Waals surface area contributed by atoms with Crippen molar-refractivity contribution in [1.29, 1.82) is 0 Å². The van der Waals surface area contributed by atoms with Crippen LogP contribution in [0, 0.1) is 0 Å². The Balaban J connectivity index is 1.51. The second kappa shape index (κ2) is 12.0. The molecule has 0 aliphatic heterocycles. The van der Waals surface area contributed by atoms with Crippen LogP contribution in [0.25, 0.3) is 32.8 Å². The number of nitrogens with zero attached hydrogens (tertiary/aromatic N) is 2. The number of esters is 1. The molecule has 0 aliphatic rings. The van der Waals surface area contributed by atoms with Crippen LogP contribution in [-0.4, -0.2) is 41.0 Å². The van der Waals surface area contributed by atoms with Crippen molar-refractivity contribution in [3.63, 3.8) is 0 Å². The fourth-order valence-corrected chi connectivity index (χ4v) is 5.59. The zero-order valence-corrected chi connectivity index (χ0v) is 24.0. The Morgan fingerprint density at radius 3 is 2.58 bits per heavy atom. The lowest BCUT2D eigenvalue weighted by atomic mass is 9.95. The van der Waals surface area contributed by atoms with E-state index >= 15 is 0 Å². The highest BCUT2D eigenvalue weighted by molar-refractivity contribution is 6.04. The number of carbonyl (C=O) groups excluding carboxylic acids is 1. The van der Waals surface area contributed by atoms with E-state index in [1.165, 1.54) is 0 Å². The second-order valence-electron chi connectivity index (χ2n) is 10.1. The fraction of sp³-hybridized carbons (Fsp3) is 0.333. The summed E-state index contributed by atoms with van der Waals surface area (Å²) in [6.45, 7) is 6.95. The summed E-state index contributed by atoms with van der Waals surface area (Å²) in [6.07, 6.45) is 2.27. The normalized spacial score (nSPS) is 12.2. The van der Waals surface area contributed by atoms with Gasteiger partial charge in [-0.25, -0.2) is 4.79 Å². The predicted molar refractivity (Wildman–Crippen MR) is 161 cm³/mol. The molecule has 0 bridgehead atoms. The first-order chi connectivity index (χ1) is 19.5. The van der Waals surface area contributed by atoms with Gasteiger partial charge in [-0.1, -0.05) is 61.5 Å². The number of para-hydroxylation sites is 1. The van der Waals surface area contributed by atoms with Gasteiger partial charge in [0, 0.05) is 40.7 Å². The number of carbonyl (C=O) groups is 1. The van der Waals surface area contributed by atoms with Gasteiger partial charge in [0.15, 0.2) is 0 Å². The van der Waals surface area contributed by atoms with Crippen molar-refractivity contribution in [2.24, 2.45) is 7.05 Å². The molecule has 2 N–H and O–H groups in total. The van der Waals surface area contributed by atoms with Gasteiger partial charge < -0.3 is 19.8 Å². The highest BCUT2D eigenvalue weighted by Crippen LogP contribution is 2.38. The first-order valence-electron chi connectivity index (χ1n) is 14.1. The van der Waals surface area contributed by atoms with Gasteiger partial charge in [-0.2, -0.15) is 5.10 Å². The molecule has 0 aliphatic carbocycles. The molecule has 2 aromatic heterocycles. The molecule has 2 heterocycles. The quantitative estimate of drug-likeness (QED) is 0.144. The third kappa shape index (κ3) is 5.09. The number of fused-ring (bicyclic) bond motifs is 2. The van der Waals surface area contributed by atoms with Gasteiger partial charge in [0.1, 0.15) is 11.4 Å². The van der Waals surface area contributed by atoms with Crippen molar-refractivity contribution in [2.45, 2.75) is 46.1 Å². The number of aromatic amines is 1. The van der Waals surface area contributed by atoms with Crippen LogP contribution in [0.3, 0.4) is 0 Å². The van der Waals surface area contributed by atoms with E-state index in [0.29, 0.717) is 25.3 Å². The maximum Gasteiger partial charge on any atom is 0.355 e. The Kier molecular flexibility index (Phi) is 8.21. The number of hydrogen-bond donors (Lipinski definition) is 2. The SMILES string of the molecule is CCOC(=O)c1[nH]c2c(-c3c([C@@H](C)NC)nn(C)c3CC)cccc2c1CCCOc1cccc2ccccc12. The first kappa shape index (κ1) is 27.5. The molecule has 208 valence electrons. The van der Waals surface area contributed by atoms with Gasteiger partial charge in [0.05, 0.1) is 24.4 Å². The number of rotatable bonds is 11. The van der Waals surface area contributed by atoms with Gasteiger partial charge in [0.25, 0.3) is 0 Å². The highest BCUT2D eigenvalue weighted by Gasteiger charge is 2.25. The second-order valence-corrected chi connectivity index (χ2v) is 10.1. The number of nitrogens with one attached hydrogen (secondary N) is 2. The summed E-state index contributed by atoms with van der Waals surface area (Å²) in [5, 5.41) is 11.5. The Hall–Kier alpha value is -4.10. The van der Waals surface area contributed by atoms with Crippen molar-refractivity contribution in [3.05, 3.63) is 83.3 Å². The average molecular weight is 539 g/mol. The van der Waals surface area contributed by atoms with Crippen LogP contribution >= 0.6 is 0 Å². The van der Waals surface area contributed by atoms with E-state index in [0.717, 1.165) is 68.3 Å². The number of aryl methyl sites for hydroxylation is 2. The minimum atomic E-state index is -0.333. The van der Waals surface area contributed by atoms with Crippen molar-refractivity contribution < 1.29 is 14.3 Å². The maximum atomic E-state index is 13.1. The Morgan fingerprint density at radius 2 is 1.80 bits per heavy atom. The molecule has 0 amide bonds. The zero-order valence-electron chi connectivity index (χ0n) is 24.0. The van der Waals surface area contributed by atoms with Crippen LogP contribution in [0.5, 0.6) is 5.75 Å². The summed E-state index contributed by atoms with van der Waals surface area (Å²) in [4.78, 5) is 16.6. The molecule has 3 aromatic carbocycles. The number of ether oxygens (including phenoxy) is 2. The number of H-pyrrole nitrogens is 1. The Morgan fingerprint density at radius 1 is 1.05 bits per heavy atom. The van der Waals surface area contributed by atoms with Gasteiger partial charge in [-0.3, -0.25) is 4.68 Å². The molecular formula is C33H38N4O3. The average Bonchev–Trinajstić information content (AvgIpc) is 3.52. The molecule has 0 unspecified atom stereocenters. The van der Waals surface area contributed by atoms with Crippen LogP contribution in [0.15, 0.2) is 60.7 Å². The molecule has 5 rings (SSSR count). The lowest BCUT2D eigenvalue weighted by Gasteiger charge is -2.12. The lowest BCUT2D eigenvalue weighted by Crippen LogP contribution is -2.14. The van der Waals surface area contributed by atoms with E-state index in [4.69, 9.17) is 14.6 Å². The smallest absolute Gasteiger partial charge is 0.355 e. The molecule has 0 spiro atoms. The van der Waals surface area contributed by atoms with E-state index in [2.05, 4.69) is 60.5 Å². The molecule has 40 heavy (non-hydrogen) atoms. The fourth-order valence-electron chi connectivity index (χ4n) is 5.59. The van der Waals surface area contributed by atoms with E-state index in [1.807, 2.05) is 50.0 Å². The van der Waals surface area contributed by atoms with Crippen molar-refractivity contribution in [2.75, 3.05) is 20.3 Å². The Labute approximate surface area is 235 Å². The predicted octanol–water partition coefficient (Wildman–Crippen LogP) is 6.75. The molecule has 0 radical (unpaired) electrons. The minimum Gasteiger partial charge on any atom is -0.493 e. The van der Waals surface area contributed by atoms with Crippen molar-refractivity contribution in [1.82, 2.24) is 20.1 Å². The van der Waals surface area contributed by atoms with Crippen LogP contribution in [0.2, 0.25) is 0 Å². The molecule has 7 nitrogen and oxygen atoms in total. The van der Waals surface area contributed by atoms with Crippen LogP contribution < -0.4 is 10.1 Å². The summed E-state index contributed by atoms with van der Waals surface area (Å²) in [6, 6.07) is 20.7. The molecule has 0 saturated carbocycles. The summed E-state index contributed by atoms with van der Waals surface area (Å²) < 4.78 is 13.7. The monoisotopic (exact) mass is 538 g/mol. The molecule has 0 fully saturated rings. The van der Waals surface area contributed by atoms with E-state index < -0.39 is 0 Å². The lowest BCUT2D eigenvalue weighted by molar-refractivity contribution is 0.0519. The standard InChI is InChI=1S/C33H38N4O3/c1-6-27-29(30(21(3)34-4)36-37(27)5)26-17-11-16-24-25(32(35-31(24)26)33(38)39-7-2)18-12-20-40-28-19-10-14-22-13-8-9-15-23(22)28/h8-11,13-17,19,21,34-35H,6-7,12,18,20H2,1-5H3/t21-/m1/s1. The Bertz CT molecular complexity index is 1640. The number of hydrogen-bond acceptors (Lipinski definition) is 5. The maximum absolute atomic E-state index is 13.1. The van der Waals surface area contributed by atoms with Gasteiger partial charge in [-0.05, 0) is 57.2 Å². The zero-order chi connectivity index (χ0) is 28.2. The third-order valence-electron chi connectivity index (χ3n) is 7.64. The minimum absolute atomic E-state index is 0.0712. The van der Waals surface area contributed by atoms with Crippen molar-refractivity contribution in [3.8, 4) is 16.9 Å². The summed E-state index contributed by atoms with van der Waals surface area (Å²) in [7, 11) is 3.94. The number of benzene rings is 3. The topological polar surface area (TPSA) is 81.2 Å². The molecule has 1 atom stereocenters. The van der Waals surface area contributed by atoms with Crippen LogP contribution in [-0.2, 0) is 24.6 Å². The van der Waals surface area contributed by atoms with Gasteiger partial charge >= 0.3 is 5.97 Å². The summed E-state index contributed by atoms with van der Waals surface area (Å²) >= 11 is 0. The molecule has 7 heteroatoms. The number of aromatic nitrogens is 3. The van der Waals surface area contributed by atoms with Gasteiger partial charge in [-0.15, -0.1) is 0 Å². The molecular weight excluding hydrogens is 500 g/mol. The molecule has 5 aromatic rings. The summed E-state index contributed by atoms with van der Waals surface area (Å²) in [5.41, 5.74) is 6.71. The first-order valence-corrected chi connectivity index (χ1v) is 14.1. The summed E-state index contributed by atoms with van der Waals surface area (Å²) in [5.74, 6) is 0.542. The van der Waals surface area contributed by atoms with Gasteiger partial charge in [0.2, 0.25) is 0 Å².